The van der Waals surface area contributed by atoms with Crippen LogP contribution in [0.2, 0.25) is 0 Å². The second kappa shape index (κ2) is 7.28. The predicted octanol–water partition coefficient (Wildman–Crippen LogP) is 2.36. The van der Waals surface area contributed by atoms with Gasteiger partial charge in [-0.25, -0.2) is 0 Å². The first-order valence-corrected chi connectivity index (χ1v) is 7.04. The molecular weight excluding hydrogens is 308 g/mol. The van der Waals surface area contributed by atoms with E-state index in [1.54, 1.807) is 18.0 Å². The molecule has 0 fully saturated rings. The number of carbonyl (C=O) groups excluding carboxylic acids is 2. The summed E-state index contributed by atoms with van der Waals surface area (Å²) in [4.78, 5) is 25.5. The zero-order valence-corrected chi connectivity index (χ0v) is 13.1. The molecule has 5 heteroatoms. The van der Waals surface area contributed by atoms with Crippen LogP contribution in [0.15, 0.2) is 22.7 Å². The highest BCUT2D eigenvalue weighted by Crippen LogP contribution is 2.20. The molecule has 0 unspecified atom stereocenters. The van der Waals surface area contributed by atoms with Crippen LogP contribution in [-0.2, 0) is 4.79 Å². The largest absolute Gasteiger partial charge is 0.358 e. The van der Waals surface area contributed by atoms with Gasteiger partial charge in [0.05, 0.1) is 12.1 Å². The number of carbonyl (C=O) groups is 2. The Kier molecular flexibility index (Phi) is 6.02. The first kappa shape index (κ1) is 15.7. The first-order valence-electron chi connectivity index (χ1n) is 6.25. The average Bonchev–Trinajstić information content (AvgIpc) is 2.37. The van der Waals surface area contributed by atoms with Crippen molar-refractivity contribution in [3.63, 3.8) is 0 Å². The minimum absolute atomic E-state index is 0.0868. The third-order valence-electron chi connectivity index (χ3n) is 2.75. The number of hydrogen-bond acceptors (Lipinski definition) is 2. The number of amides is 2. The van der Waals surface area contributed by atoms with E-state index in [0.29, 0.717) is 12.1 Å². The van der Waals surface area contributed by atoms with Gasteiger partial charge in [-0.3, -0.25) is 9.59 Å². The first-order chi connectivity index (χ1) is 8.99. The molecule has 0 heterocycles. The molecule has 2 amide bonds. The molecule has 104 valence electrons. The second-order valence-electron chi connectivity index (χ2n) is 4.38. The number of nitrogens with one attached hydrogen (secondary N) is 1. The Balaban J connectivity index is 2.95. The van der Waals surface area contributed by atoms with Crippen LogP contribution >= 0.6 is 15.9 Å². The molecule has 0 aliphatic carbocycles. The molecule has 0 saturated carbocycles. The minimum Gasteiger partial charge on any atom is -0.358 e. The van der Waals surface area contributed by atoms with Crippen molar-refractivity contribution in [2.24, 2.45) is 0 Å². The molecule has 0 aliphatic rings. The van der Waals surface area contributed by atoms with Gasteiger partial charge in [-0.15, -0.1) is 0 Å². The van der Waals surface area contributed by atoms with E-state index < -0.39 is 0 Å². The van der Waals surface area contributed by atoms with Crippen LogP contribution in [0.25, 0.3) is 0 Å². The van der Waals surface area contributed by atoms with Gasteiger partial charge in [0, 0.05) is 18.1 Å². The summed E-state index contributed by atoms with van der Waals surface area (Å²) in [5, 5.41) is 2.54. The van der Waals surface area contributed by atoms with Crippen molar-refractivity contribution in [1.82, 2.24) is 10.2 Å². The molecule has 0 aromatic heterocycles. The Bertz CT molecular complexity index is 475. The number of rotatable bonds is 5. The van der Waals surface area contributed by atoms with E-state index in [0.717, 1.165) is 16.5 Å². The number of hydrogen-bond donors (Lipinski definition) is 1. The van der Waals surface area contributed by atoms with E-state index in [1.165, 1.54) is 0 Å². The molecule has 1 aromatic rings. The van der Waals surface area contributed by atoms with Crippen LogP contribution in [0, 0.1) is 6.92 Å². The number of aryl methyl sites for hydroxylation is 1. The number of nitrogens with zero attached hydrogens (tertiary/aromatic N) is 1. The monoisotopic (exact) mass is 326 g/mol. The van der Waals surface area contributed by atoms with Crippen LogP contribution < -0.4 is 5.32 Å². The molecule has 0 radical (unpaired) electrons. The third-order valence-corrected chi connectivity index (χ3v) is 3.41. The fraction of sp³-hybridized carbons (Fsp3) is 0.429. The Morgan fingerprint density at radius 2 is 2.05 bits per heavy atom. The predicted molar refractivity (Wildman–Crippen MR) is 79.1 cm³/mol. The topological polar surface area (TPSA) is 49.4 Å². The van der Waals surface area contributed by atoms with Gasteiger partial charge < -0.3 is 10.2 Å². The van der Waals surface area contributed by atoms with Gasteiger partial charge in [0.25, 0.3) is 5.91 Å². The van der Waals surface area contributed by atoms with Crippen molar-refractivity contribution in [2.45, 2.75) is 20.3 Å². The lowest BCUT2D eigenvalue weighted by molar-refractivity contribution is -0.121. The van der Waals surface area contributed by atoms with Gasteiger partial charge in [0.1, 0.15) is 0 Å². The maximum absolute atomic E-state index is 12.4. The zero-order chi connectivity index (χ0) is 14.4. The van der Waals surface area contributed by atoms with E-state index in [2.05, 4.69) is 21.2 Å². The van der Waals surface area contributed by atoms with Crippen LogP contribution in [-0.4, -0.2) is 36.9 Å². The Hall–Kier alpha value is -1.36. The summed E-state index contributed by atoms with van der Waals surface area (Å²) in [5.41, 5.74) is 1.67. The third kappa shape index (κ3) is 4.35. The van der Waals surface area contributed by atoms with Crippen LogP contribution in [0.4, 0.5) is 0 Å². The van der Waals surface area contributed by atoms with Crippen molar-refractivity contribution < 1.29 is 9.59 Å². The Labute approximate surface area is 122 Å². The highest BCUT2D eigenvalue weighted by Gasteiger charge is 2.19. The zero-order valence-electron chi connectivity index (χ0n) is 11.5. The normalized spacial score (nSPS) is 10.1. The van der Waals surface area contributed by atoms with Gasteiger partial charge in [0.2, 0.25) is 5.91 Å². The number of benzene rings is 1. The number of halogens is 1. The molecule has 1 N–H and O–H groups in total. The van der Waals surface area contributed by atoms with E-state index in [4.69, 9.17) is 0 Å². The lowest BCUT2D eigenvalue weighted by atomic mass is 10.1. The average molecular weight is 327 g/mol. The molecule has 4 nitrogen and oxygen atoms in total. The summed E-state index contributed by atoms with van der Waals surface area (Å²) in [7, 11) is 1.57. The standard InChI is InChI=1S/C14H19BrN2O2/c1-4-7-17(9-13(18)16-3)14(19)11-6-5-10(2)8-12(11)15/h5-6,8H,4,7,9H2,1-3H3,(H,16,18). The van der Waals surface area contributed by atoms with Crippen LogP contribution in [0.3, 0.4) is 0 Å². The summed E-state index contributed by atoms with van der Waals surface area (Å²) in [6.07, 6.45) is 0.812. The Morgan fingerprint density at radius 3 is 2.58 bits per heavy atom. The molecule has 0 bridgehead atoms. The summed E-state index contributed by atoms with van der Waals surface area (Å²) >= 11 is 3.40. The lowest BCUT2D eigenvalue weighted by Gasteiger charge is -2.22. The molecule has 0 atom stereocenters. The van der Waals surface area contributed by atoms with Gasteiger partial charge in [-0.05, 0) is 47.0 Å². The van der Waals surface area contributed by atoms with Crippen molar-refractivity contribution in [3.8, 4) is 0 Å². The molecule has 0 spiro atoms. The highest BCUT2D eigenvalue weighted by molar-refractivity contribution is 9.10. The molecule has 19 heavy (non-hydrogen) atoms. The van der Waals surface area contributed by atoms with Crippen LogP contribution in [0.1, 0.15) is 29.3 Å². The molecule has 0 aliphatic heterocycles. The molecule has 0 saturated heterocycles. The smallest absolute Gasteiger partial charge is 0.255 e. The maximum Gasteiger partial charge on any atom is 0.255 e. The highest BCUT2D eigenvalue weighted by atomic mass is 79.9. The van der Waals surface area contributed by atoms with Crippen molar-refractivity contribution in [1.29, 1.82) is 0 Å². The van der Waals surface area contributed by atoms with Gasteiger partial charge in [0.15, 0.2) is 0 Å². The van der Waals surface area contributed by atoms with E-state index in [9.17, 15) is 9.59 Å². The minimum atomic E-state index is -0.162. The van der Waals surface area contributed by atoms with Crippen molar-refractivity contribution in [2.75, 3.05) is 20.1 Å². The van der Waals surface area contributed by atoms with Gasteiger partial charge in [-0.2, -0.15) is 0 Å². The summed E-state index contributed by atoms with van der Waals surface area (Å²) in [6.45, 7) is 4.59. The summed E-state index contributed by atoms with van der Waals surface area (Å²) < 4.78 is 0.760. The molecule has 1 rings (SSSR count). The summed E-state index contributed by atoms with van der Waals surface area (Å²) in [5.74, 6) is -0.289. The van der Waals surface area contributed by atoms with E-state index in [-0.39, 0.29) is 18.4 Å². The van der Waals surface area contributed by atoms with Gasteiger partial charge >= 0.3 is 0 Å². The quantitative estimate of drug-likeness (QED) is 0.903. The van der Waals surface area contributed by atoms with E-state index >= 15 is 0 Å². The van der Waals surface area contributed by atoms with Crippen LogP contribution in [0.5, 0.6) is 0 Å². The maximum atomic E-state index is 12.4. The second-order valence-corrected chi connectivity index (χ2v) is 5.24. The van der Waals surface area contributed by atoms with E-state index in [1.807, 2.05) is 26.0 Å². The number of likely N-dealkylation sites (N-methyl/N-ethyl adjacent to an activating group) is 1. The summed E-state index contributed by atoms with van der Waals surface area (Å²) in [6, 6.07) is 5.58. The van der Waals surface area contributed by atoms with Crippen molar-refractivity contribution >= 4 is 27.7 Å². The Morgan fingerprint density at radius 1 is 1.37 bits per heavy atom. The van der Waals surface area contributed by atoms with Crippen molar-refractivity contribution in [3.05, 3.63) is 33.8 Å². The molecule has 1 aromatic carbocycles. The lowest BCUT2D eigenvalue weighted by Crippen LogP contribution is -2.40. The SMILES string of the molecule is CCCN(CC(=O)NC)C(=O)c1ccc(C)cc1Br. The van der Waals surface area contributed by atoms with Gasteiger partial charge in [-0.1, -0.05) is 13.0 Å². The molecular formula is C14H19BrN2O2. The fourth-order valence-electron chi connectivity index (χ4n) is 1.74. The fourth-order valence-corrected chi connectivity index (χ4v) is 2.40.